The summed E-state index contributed by atoms with van der Waals surface area (Å²) in [6.45, 7) is 2.80. The Balaban J connectivity index is 0.00000194. The van der Waals surface area contributed by atoms with Gasteiger partial charge in [0.15, 0.2) is 5.82 Å². The average molecular weight is 596 g/mol. The van der Waals surface area contributed by atoms with E-state index < -0.39 is 0 Å². The number of anilines is 1. The number of rotatable bonds is 7. The summed E-state index contributed by atoms with van der Waals surface area (Å²) in [6, 6.07) is 23.5. The van der Waals surface area contributed by atoms with E-state index in [4.69, 9.17) is 13.9 Å². The van der Waals surface area contributed by atoms with E-state index in [0.717, 1.165) is 77.2 Å². The largest absolute Gasteiger partial charge is 0.497 e. The predicted molar refractivity (Wildman–Crippen MR) is 167 cm³/mol. The van der Waals surface area contributed by atoms with Crippen molar-refractivity contribution in [2.75, 3.05) is 32.6 Å². The Bertz CT molecular complexity index is 1690. The molecule has 41 heavy (non-hydrogen) atoms. The quantitative estimate of drug-likeness (QED) is 0.218. The number of hydrogen-bond acceptors (Lipinski definition) is 8. The third-order valence-electron chi connectivity index (χ3n) is 7.37. The van der Waals surface area contributed by atoms with Gasteiger partial charge in [0.05, 0.1) is 14.2 Å². The van der Waals surface area contributed by atoms with Gasteiger partial charge in [0.1, 0.15) is 22.8 Å². The van der Waals surface area contributed by atoms with Crippen LogP contribution in [0.15, 0.2) is 82.0 Å². The topological polar surface area (TPSA) is 89.7 Å². The molecule has 0 saturated carbocycles. The molecule has 1 saturated heterocycles. The van der Waals surface area contributed by atoms with Crippen molar-refractivity contribution in [2.24, 2.45) is 0 Å². The number of piperidine rings is 1. The number of ether oxygens (including phenoxy) is 2. The number of aromatic nitrogens is 2. The Morgan fingerprint density at radius 1 is 0.854 bits per heavy atom. The van der Waals surface area contributed by atoms with Crippen molar-refractivity contribution in [3.8, 4) is 22.8 Å². The van der Waals surface area contributed by atoms with Crippen LogP contribution >= 0.6 is 24.8 Å². The molecule has 0 spiro atoms. The Kier molecular flexibility index (Phi) is 9.70. The summed E-state index contributed by atoms with van der Waals surface area (Å²) in [5.41, 5.74) is 3.31. The zero-order valence-electron chi connectivity index (χ0n) is 22.8. The number of likely N-dealkylation sites (tertiary alicyclic amines) is 1. The number of benzene rings is 3. The van der Waals surface area contributed by atoms with Crippen LogP contribution in [0.4, 0.5) is 5.82 Å². The summed E-state index contributed by atoms with van der Waals surface area (Å²) in [7, 11) is 3.33. The van der Waals surface area contributed by atoms with Gasteiger partial charge in [-0.05, 0) is 79.1 Å². The van der Waals surface area contributed by atoms with E-state index in [9.17, 15) is 4.79 Å². The molecule has 3 heterocycles. The summed E-state index contributed by atoms with van der Waals surface area (Å²) >= 11 is 0. The van der Waals surface area contributed by atoms with E-state index in [1.165, 1.54) is 11.6 Å². The van der Waals surface area contributed by atoms with Crippen LogP contribution in [0.2, 0.25) is 0 Å². The molecule has 0 unspecified atom stereocenters. The van der Waals surface area contributed by atoms with Gasteiger partial charge in [0.25, 0.3) is 0 Å². The first-order valence-electron chi connectivity index (χ1n) is 13.1. The smallest absolute Gasteiger partial charge is 0.336 e. The number of nitrogens with zero attached hydrogens (tertiary/aromatic N) is 3. The van der Waals surface area contributed by atoms with E-state index in [0.29, 0.717) is 11.6 Å². The van der Waals surface area contributed by atoms with Gasteiger partial charge in [-0.1, -0.05) is 6.07 Å². The normalized spacial score (nSPS) is 13.8. The van der Waals surface area contributed by atoms with E-state index in [1.807, 2.05) is 60.7 Å². The molecule has 3 aromatic carbocycles. The highest BCUT2D eigenvalue weighted by atomic mass is 35.5. The Labute approximate surface area is 250 Å². The predicted octanol–water partition coefficient (Wildman–Crippen LogP) is 6.34. The van der Waals surface area contributed by atoms with Gasteiger partial charge in [0.2, 0.25) is 0 Å². The molecule has 0 radical (unpaired) electrons. The molecular formula is C31H32Cl2N4O4. The van der Waals surface area contributed by atoms with Crippen LogP contribution in [0.1, 0.15) is 18.4 Å². The molecule has 0 atom stereocenters. The zero-order valence-corrected chi connectivity index (χ0v) is 24.5. The molecule has 2 aromatic heterocycles. The molecule has 6 rings (SSSR count). The van der Waals surface area contributed by atoms with Crippen molar-refractivity contribution in [3.63, 3.8) is 0 Å². The molecule has 10 heteroatoms. The molecule has 0 amide bonds. The Morgan fingerprint density at radius 3 is 2.32 bits per heavy atom. The molecule has 8 nitrogen and oxygen atoms in total. The van der Waals surface area contributed by atoms with Crippen molar-refractivity contribution >= 4 is 52.4 Å². The maximum atomic E-state index is 11.5. The lowest BCUT2D eigenvalue weighted by Crippen LogP contribution is -2.38. The van der Waals surface area contributed by atoms with Crippen LogP contribution in [0, 0.1) is 0 Å². The Hall–Kier alpha value is -3.85. The maximum Gasteiger partial charge on any atom is 0.336 e. The maximum absolute atomic E-state index is 11.5. The zero-order chi connectivity index (χ0) is 26.8. The second kappa shape index (κ2) is 13.2. The monoisotopic (exact) mass is 594 g/mol. The van der Waals surface area contributed by atoms with Crippen LogP contribution in [0.25, 0.3) is 33.0 Å². The van der Waals surface area contributed by atoms with Gasteiger partial charge < -0.3 is 19.2 Å². The van der Waals surface area contributed by atoms with Gasteiger partial charge in [-0.3, -0.25) is 4.90 Å². The van der Waals surface area contributed by atoms with E-state index in [2.05, 4.69) is 26.5 Å². The van der Waals surface area contributed by atoms with E-state index in [-0.39, 0.29) is 30.4 Å². The first-order valence-corrected chi connectivity index (χ1v) is 13.1. The molecule has 214 valence electrons. The lowest BCUT2D eigenvalue weighted by molar-refractivity contribution is 0.211. The first-order chi connectivity index (χ1) is 19.1. The van der Waals surface area contributed by atoms with Crippen LogP contribution in [-0.4, -0.2) is 48.4 Å². The van der Waals surface area contributed by atoms with Crippen LogP contribution < -0.4 is 20.4 Å². The van der Waals surface area contributed by atoms with Crippen molar-refractivity contribution in [1.82, 2.24) is 15.1 Å². The molecule has 5 aromatic rings. The lowest BCUT2D eigenvalue weighted by Gasteiger charge is -2.32. The summed E-state index contributed by atoms with van der Waals surface area (Å²) < 4.78 is 16.1. The van der Waals surface area contributed by atoms with Crippen LogP contribution in [0.3, 0.4) is 0 Å². The third-order valence-corrected chi connectivity index (χ3v) is 7.37. The van der Waals surface area contributed by atoms with Gasteiger partial charge in [-0.25, -0.2) is 4.79 Å². The average Bonchev–Trinajstić information content (AvgIpc) is 2.98. The minimum atomic E-state index is -0.323. The van der Waals surface area contributed by atoms with Crippen molar-refractivity contribution < 1.29 is 13.9 Å². The number of hydrogen-bond donors (Lipinski definition) is 1. The molecule has 1 aliphatic heterocycles. The summed E-state index contributed by atoms with van der Waals surface area (Å²) in [5.74, 6) is 2.36. The fraction of sp³-hybridized carbons (Fsp3) is 0.258. The number of methoxy groups -OCH3 is 2. The summed E-state index contributed by atoms with van der Waals surface area (Å²) in [4.78, 5) is 13.9. The lowest BCUT2D eigenvalue weighted by atomic mass is 10.0. The molecule has 1 fully saturated rings. The fourth-order valence-corrected chi connectivity index (χ4v) is 5.24. The second-order valence-electron chi connectivity index (χ2n) is 9.86. The molecule has 0 bridgehead atoms. The molecule has 0 aliphatic carbocycles. The SMILES string of the molecule is COc1ccc(-c2nnc(NC3CCN(Cc4ccc5oc(=O)ccc5c4)CC3)c3cc(OC)ccc23)cc1.Cl.Cl. The van der Waals surface area contributed by atoms with Gasteiger partial charge in [-0.15, -0.1) is 35.0 Å². The highest BCUT2D eigenvalue weighted by molar-refractivity contribution is 6.00. The summed E-state index contributed by atoms with van der Waals surface area (Å²) in [6.07, 6.45) is 1.99. The van der Waals surface area contributed by atoms with Crippen LogP contribution in [0.5, 0.6) is 11.5 Å². The first kappa shape index (κ1) is 30.1. The van der Waals surface area contributed by atoms with E-state index in [1.54, 1.807) is 14.2 Å². The Morgan fingerprint density at radius 2 is 1.59 bits per heavy atom. The summed E-state index contributed by atoms with van der Waals surface area (Å²) in [5, 5.41) is 15.9. The van der Waals surface area contributed by atoms with Crippen molar-refractivity contribution in [1.29, 1.82) is 0 Å². The molecule has 1 aliphatic rings. The molecule has 1 N–H and O–H groups in total. The van der Waals surface area contributed by atoms with Gasteiger partial charge in [0, 0.05) is 53.5 Å². The second-order valence-corrected chi connectivity index (χ2v) is 9.86. The number of halogens is 2. The number of nitrogens with one attached hydrogen (secondary N) is 1. The van der Waals surface area contributed by atoms with Crippen molar-refractivity contribution in [2.45, 2.75) is 25.4 Å². The third kappa shape index (κ3) is 6.56. The van der Waals surface area contributed by atoms with Crippen molar-refractivity contribution in [3.05, 3.63) is 88.8 Å². The highest BCUT2D eigenvalue weighted by Crippen LogP contribution is 2.34. The molecular weight excluding hydrogens is 563 g/mol. The minimum Gasteiger partial charge on any atom is -0.497 e. The van der Waals surface area contributed by atoms with Crippen LogP contribution in [-0.2, 0) is 6.54 Å². The standard InChI is InChI=1S/C31H30N4O4.2ClH/c1-37-24-7-4-21(5-8-24)30-26-10-9-25(38-2)18-27(26)31(34-33-30)32-23-13-15-35(16-14-23)19-20-3-11-28-22(17-20)6-12-29(36)39-28;;/h3-12,17-18,23H,13-16,19H2,1-2H3,(H,32,34);2*1H. The number of fused-ring (bicyclic) bond motifs is 2. The highest BCUT2D eigenvalue weighted by Gasteiger charge is 2.21. The minimum absolute atomic E-state index is 0. The van der Waals surface area contributed by atoms with Gasteiger partial charge in [-0.2, -0.15) is 0 Å². The fourth-order valence-electron chi connectivity index (χ4n) is 5.24. The van der Waals surface area contributed by atoms with E-state index >= 15 is 0 Å². The van der Waals surface area contributed by atoms with Gasteiger partial charge >= 0.3 is 5.63 Å².